The third-order valence-corrected chi connectivity index (χ3v) is 9.95. The van der Waals surface area contributed by atoms with Gasteiger partial charge in [-0.25, -0.2) is 0 Å². The molecule has 0 bridgehead atoms. The van der Waals surface area contributed by atoms with Gasteiger partial charge in [0.2, 0.25) is 5.91 Å². The SMILES string of the molecule is CC/C=C\C/C=C\C/C=C\C/C=C\CCCCCCCCC(=O)NC(COP(=O)([O-])OCC[N+](C)(C)C)C(O)/C=C/CCCCCCCCCCCC. The zero-order valence-corrected chi connectivity index (χ0v) is 35.6. The van der Waals surface area contributed by atoms with Crippen LogP contribution in [-0.4, -0.2) is 68.5 Å². The summed E-state index contributed by atoms with van der Waals surface area (Å²) in [6, 6.07) is -0.894. The third kappa shape index (κ3) is 38.3. The van der Waals surface area contributed by atoms with Crippen molar-refractivity contribution in [3.63, 3.8) is 0 Å². The lowest BCUT2D eigenvalue weighted by Crippen LogP contribution is -2.45. The maximum atomic E-state index is 12.8. The van der Waals surface area contributed by atoms with Gasteiger partial charge in [0.25, 0.3) is 7.82 Å². The van der Waals surface area contributed by atoms with Crippen LogP contribution in [0.15, 0.2) is 60.8 Å². The first kappa shape index (κ1) is 51.2. The van der Waals surface area contributed by atoms with Gasteiger partial charge in [-0.15, -0.1) is 0 Å². The molecular formula is C44H81N2O6P. The van der Waals surface area contributed by atoms with Gasteiger partial charge in [-0.2, -0.15) is 0 Å². The molecule has 0 aliphatic carbocycles. The Morgan fingerprint density at radius 2 is 1.15 bits per heavy atom. The predicted molar refractivity (Wildman–Crippen MR) is 224 cm³/mol. The quantitative estimate of drug-likeness (QED) is 0.0282. The van der Waals surface area contributed by atoms with Crippen LogP contribution in [0.2, 0.25) is 0 Å². The van der Waals surface area contributed by atoms with Gasteiger partial charge in [-0.3, -0.25) is 9.36 Å². The van der Waals surface area contributed by atoms with Crippen molar-refractivity contribution in [2.24, 2.45) is 0 Å². The third-order valence-electron chi connectivity index (χ3n) is 8.98. The molecule has 0 saturated carbocycles. The Hall–Kier alpha value is -1.80. The number of nitrogens with one attached hydrogen (secondary N) is 1. The Bertz CT molecular complexity index is 1050. The molecule has 0 fully saturated rings. The van der Waals surface area contributed by atoms with Crippen molar-refractivity contribution in [3.05, 3.63) is 60.8 Å². The number of nitrogens with zero attached hydrogens (tertiary/aromatic N) is 1. The monoisotopic (exact) mass is 765 g/mol. The summed E-state index contributed by atoms with van der Waals surface area (Å²) in [7, 11) is 1.24. The normalized spacial score (nSPS) is 15.1. The van der Waals surface area contributed by atoms with Gasteiger partial charge in [0, 0.05) is 6.42 Å². The molecule has 0 aromatic heterocycles. The van der Waals surface area contributed by atoms with E-state index in [1.807, 2.05) is 27.2 Å². The highest BCUT2D eigenvalue weighted by Gasteiger charge is 2.23. The Morgan fingerprint density at radius 3 is 1.68 bits per heavy atom. The van der Waals surface area contributed by atoms with Crippen LogP contribution in [0.4, 0.5) is 0 Å². The molecule has 8 nitrogen and oxygen atoms in total. The lowest BCUT2D eigenvalue weighted by Gasteiger charge is -2.29. The molecule has 0 radical (unpaired) electrons. The van der Waals surface area contributed by atoms with Gasteiger partial charge >= 0.3 is 0 Å². The van der Waals surface area contributed by atoms with Crippen molar-refractivity contribution >= 4 is 13.7 Å². The molecule has 3 unspecified atom stereocenters. The van der Waals surface area contributed by atoms with Gasteiger partial charge in [0.15, 0.2) is 0 Å². The molecule has 0 aliphatic rings. The average Bonchev–Trinajstić information content (AvgIpc) is 3.10. The number of aliphatic hydroxyl groups excluding tert-OH is 1. The molecule has 0 heterocycles. The molecule has 0 aliphatic heterocycles. The molecule has 0 aromatic carbocycles. The summed E-state index contributed by atoms with van der Waals surface area (Å²) < 4.78 is 23.1. The molecule has 0 saturated heterocycles. The van der Waals surface area contributed by atoms with E-state index in [4.69, 9.17) is 9.05 Å². The number of quaternary nitrogens is 1. The van der Waals surface area contributed by atoms with Crippen molar-refractivity contribution in [1.82, 2.24) is 5.32 Å². The van der Waals surface area contributed by atoms with Crippen molar-refractivity contribution in [1.29, 1.82) is 0 Å². The number of carbonyl (C=O) groups excluding carboxylic acids is 1. The standard InChI is InChI=1S/C44H81N2O6P/c1-6-8-10-12-14-16-18-20-21-22-23-24-25-26-28-30-32-34-36-38-44(48)45-42(41-52-53(49,50)51-40-39-46(3,4)5)43(47)37-35-33-31-29-27-19-17-15-13-11-9-7-2/h8,10,14,16,20-21,23-24,35,37,42-43,47H,6-7,9,11-13,15,17-19,22,25-34,36,38-41H2,1-5H3,(H-,45,48,49,50)/b10-8-,16-14-,21-20-,24-23-,37-35+. The Balaban J connectivity index is 4.47. The number of allylic oxidation sites excluding steroid dienone is 9. The van der Waals surface area contributed by atoms with E-state index in [2.05, 4.69) is 67.8 Å². The molecule has 53 heavy (non-hydrogen) atoms. The average molecular weight is 765 g/mol. The molecule has 9 heteroatoms. The Morgan fingerprint density at radius 1 is 0.679 bits per heavy atom. The number of hydrogen-bond acceptors (Lipinski definition) is 6. The fourth-order valence-corrected chi connectivity index (χ4v) is 6.33. The highest BCUT2D eigenvalue weighted by Crippen LogP contribution is 2.38. The first-order chi connectivity index (χ1) is 25.5. The number of aliphatic hydroxyl groups is 1. The number of carbonyl (C=O) groups is 1. The maximum absolute atomic E-state index is 12.8. The summed E-state index contributed by atoms with van der Waals surface area (Å²) in [6.07, 6.45) is 45.4. The fraction of sp³-hybridized carbons (Fsp3) is 0.750. The highest BCUT2D eigenvalue weighted by molar-refractivity contribution is 7.45. The van der Waals surface area contributed by atoms with Crippen LogP contribution in [0.5, 0.6) is 0 Å². The smallest absolute Gasteiger partial charge is 0.268 e. The van der Waals surface area contributed by atoms with Crippen LogP contribution in [0, 0.1) is 0 Å². The number of amides is 1. The summed E-state index contributed by atoms with van der Waals surface area (Å²) in [4.78, 5) is 25.2. The fourth-order valence-electron chi connectivity index (χ4n) is 5.61. The molecule has 3 atom stereocenters. The second-order valence-electron chi connectivity index (χ2n) is 15.3. The molecule has 308 valence electrons. The van der Waals surface area contributed by atoms with E-state index in [0.717, 1.165) is 77.0 Å². The van der Waals surface area contributed by atoms with Crippen LogP contribution >= 0.6 is 7.82 Å². The summed E-state index contributed by atoms with van der Waals surface area (Å²) in [6.45, 7) is 4.49. The second kappa shape index (κ2) is 35.9. The topological polar surface area (TPSA) is 108 Å². The van der Waals surface area contributed by atoms with E-state index in [1.165, 1.54) is 64.2 Å². The number of likely N-dealkylation sites (N-methyl/N-ethyl adjacent to an activating group) is 1. The number of hydrogen-bond donors (Lipinski definition) is 2. The largest absolute Gasteiger partial charge is 0.756 e. The van der Waals surface area contributed by atoms with E-state index in [1.54, 1.807) is 6.08 Å². The zero-order chi connectivity index (χ0) is 39.3. The van der Waals surface area contributed by atoms with Crippen molar-refractivity contribution < 1.29 is 32.9 Å². The number of rotatable bonds is 37. The van der Waals surface area contributed by atoms with E-state index in [-0.39, 0.29) is 19.1 Å². The van der Waals surface area contributed by atoms with E-state index < -0.39 is 20.0 Å². The first-order valence-corrected chi connectivity index (χ1v) is 22.6. The molecule has 0 aromatic rings. The Labute approximate surface area is 326 Å². The van der Waals surface area contributed by atoms with Gasteiger partial charge in [-0.05, 0) is 57.8 Å². The number of phosphoric acid groups is 1. The molecule has 2 N–H and O–H groups in total. The summed E-state index contributed by atoms with van der Waals surface area (Å²) >= 11 is 0. The zero-order valence-electron chi connectivity index (χ0n) is 34.7. The summed E-state index contributed by atoms with van der Waals surface area (Å²) in [5.41, 5.74) is 0. The molecular weight excluding hydrogens is 683 g/mol. The minimum absolute atomic E-state index is 0.00689. The van der Waals surface area contributed by atoms with Crippen LogP contribution in [0.3, 0.4) is 0 Å². The number of phosphoric ester groups is 1. The molecule has 1 amide bonds. The highest BCUT2D eigenvalue weighted by atomic mass is 31.2. The van der Waals surface area contributed by atoms with Gasteiger partial charge in [-0.1, -0.05) is 158 Å². The minimum Gasteiger partial charge on any atom is -0.756 e. The first-order valence-electron chi connectivity index (χ1n) is 21.2. The molecule has 0 rings (SSSR count). The maximum Gasteiger partial charge on any atom is 0.268 e. The summed E-state index contributed by atoms with van der Waals surface area (Å²) in [5.74, 6) is -0.216. The lowest BCUT2D eigenvalue weighted by molar-refractivity contribution is -0.870. The number of unbranched alkanes of at least 4 members (excludes halogenated alkanes) is 16. The summed E-state index contributed by atoms with van der Waals surface area (Å²) in [5, 5.41) is 13.7. The van der Waals surface area contributed by atoms with Crippen LogP contribution in [0.1, 0.15) is 162 Å². The van der Waals surface area contributed by atoms with Crippen molar-refractivity contribution in [3.8, 4) is 0 Å². The van der Waals surface area contributed by atoms with Gasteiger partial charge < -0.3 is 28.8 Å². The second-order valence-corrected chi connectivity index (χ2v) is 16.7. The predicted octanol–water partition coefficient (Wildman–Crippen LogP) is 10.8. The van der Waals surface area contributed by atoms with Crippen LogP contribution in [0.25, 0.3) is 0 Å². The van der Waals surface area contributed by atoms with E-state index >= 15 is 0 Å². The van der Waals surface area contributed by atoms with Crippen molar-refractivity contribution in [2.75, 3.05) is 40.9 Å². The van der Waals surface area contributed by atoms with Gasteiger partial charge in [0.1, 0.15) is 13.2 Å². The van der Waals surface area contributed by atoms with Crippen LogP contribution in [-0.2, 0) is 18.4 Å². The van der Waals surface area contributed by atoms with Gasteiger partial charge in [0.05, 0.1) is 39.9 Å². The van der Waals surface area contributed by atoms with E-state index in [9.17, 15) is 19.4 Å². The Kier molecular flexibility index (Phi) is 34.7. The minimum atomic E-state index is -4.59. The van der Waals surface area contributed by atoms with Crippen LogP contribution < -0.4 is 10.2 Å². The lowest BCUT2D eigenvalue weighted by atomic mass is 10.1. The molecule has 0 spiro atoms. The van der Waals surface area contributed by atoms with Crippen molar-refractivity contribution in [2.45, 2.75) is 174 Å². The van der Waals surface area contributed by atoms with E-state index in [0.29, 0.717) is 17.4 Å².